The van der Waals surface area contributed by atoms with Crippen LogP contribution >= 0.6 is 0 Å². The molecule has 0 radical (unpaired) electrons. The van der Waals surface area contributed by atoms with Crippen LogP contribution in [-0.4, -0.2) is 46.5 Å². The number of aryl methyl sites for hydroxylation is 1. The van der Waals surface area contributed by atoms with Gasteiger partial charge >= 0.3 is 5.69 Å². The zero-order chi connectivity index (χ0) is 16.4. The number of nitrogens with zero attached hydrogens (tertiary/aromatic N) is 6. The molecule has 3 rings (SSSR count). The molecule has 2 saturated heterocycles. The lowest BCUT2D eigenvalue weighted by Gasteiger charge is -2.21. The molecule has 2 fully saturated rings. The first-order valence-electron chi connectivity index (χ1n) is 7.79. The maximum absolute atomic E-state index is 12.4. The van der Waals surface area contributed by atoms with Crippen LogP contribution in [0.15, 0.2) is 16.1 Å². The van der Waals surface area contributed by atoms with Gasteiger partial charge in [-0.25, -0.2) is 4.79 Å². The van der Waals surface area contributed by atoms with Crippen molar-refractivity contribution in [3.05, 3.63) is 32.7 Å². The molecule has 9 nitrogen and oxygen atoms in total. The van der Waals surface area contributed by atoms with Crippen molar-refractivity contribution >= 4 is 5.82 Å². The molecule has 2 aliphatic rings. The summed E-state index contributed by atoms with van der Waals surface area (Å²) >= 11 is 0. The largest absolute Gasteiger partial charge is 0.394 e. The van der Waals surface area contributed by atoms with E-state index in [1.165, 1.54) is 4.57 Å². The van der Waals surface area contributed by atoms with Crippen molar-refractivity contribution in [3.63, 3.8) is 0 Å². The standard InChI is InChI=1S/C14H20N6O3/c1-9-7-20(12-6-10(17-18-15)11(8-21)23-12)14(22)16-13(9)19-4-2-3-5-19/h7,10-12,21H,2-6,8H2,1H3/t10-,11+,12-/m0/s1. The van der Waals surface area contributed by atoms with Gasteiger partial charge in [0.15, 0.2) is 0 Å². The maximum atomic E-state index is 12.4. The topological polar surface area (TPSA) is 116 Å². The number of anilines is 1. The Kier molecular flexibility index (Phi) is 4.51. The zero-order valence-corrected chi connectivity index (χ0v) is 13.0. The normalized spacial score (nSPS) is 27.2. The molecule has 0 saturated carbocycles. The average molecular weight is 320 g/mol. The van der Waals surface area contributed by atoms with Crippen molar-refractivity contribution in [1.29, 1.82) is 0 Å². The van der Waals surface area contributed by atoms with Crippen molar-refractivity contribution in [3.8, 4) is 0 Å². The minimum absolute atomic E-state index is 0.257. The summed E-state index contributed by atoms with van der Waals surface area (Å²) < 4.78 is 7.08. The van der Waals surface area contributed by atoms with E-state index in [4.69, 9.17) is 10.3 Å². The van der Waals surface area contributed by atoms with Gasteiger partial charge in [-0.15, -0.1) is 0 Å². The minimum atomic E-state index is -0.596. The van der Waals surface area contributed by atoms with Crippen LogP contribution in [0.1, 0.15) is 31.1 Å². The first-order valence-corrected chi connectivity index (χ1v) is 7.79. The van der Waals surface area contributed by atoms with Gasteiger partial charge in [-0.05, 0) is 25.3 Å². The third kappa shape index (κ3) is 3.03. The van der Waals surface area contributed by atoms with Crippen LogP contribution in [-0.2, 0) is 4.74 Å². The number of rotatable bonds is 4. The van der Waals surface area contributed by atoms with E-state index in [9.17, 15) is 9.90 Å². The summed E-state index contributed by atoms with van der Waals surface area (Å²) in [5.41, 5.74) is 9.11. The fraction of sp³-hybridized carbons (Fsp3) is 0.714. The predicted octanol–water partition coefficient (Wildman–Crippen LogP) is 1.11. The molecule has 1 N–H and O–H groups in total. The van der Waals surface area contributed by atoms with Gasteiger partial charge in [0.25, 0.3) is 0 Å². The number of hydrogen-bond acceptors (Lipinski definition) is 6. The second-order valence-electron chi connectivity index (χ2n) is 5.95. The first-order chi connectivity index (χ1) is 11.1. The molecule has 1 aromatic rings. The van der Waals surface area contributed by atoms with E-state index >= 15 is 0 Å². The van der Waals surface area contributed by atoms with Crippen molar-refractivity contribution < 1.29 is 9.84 Å². The lowest BCUT2D eigenvalue weighted by molar-refractivity contribution is -0.0270. The van der Waals surface area contributed by atoms with Gasteiger partial charge in [0, 0.05) is 36.2 Å². The van der Waals surface area contributed by atoms with E-state index in [1.807, 2.05) is 6.92 Å². The summed E-state index contributed by atoms with van der Waals surface area (Å²) in [5, 5.41) is 13.0. The molecule has 0 spiro atoms. The summed E-state index contributed by atoms with van der Waals surface area (Å²) in [5.74, 6) is 0.729. The fourth-order valence-corrected chi connectivity index (χ4v) is 3.25. The summed E-state index contributed by atoms with van der Waals surface area (Å²) in [6, 6.07) is -0.486. The smallest absolute Gasteiger partial charge is 0.351 e. The van der Waals surface area contributed by atoms with Crippen LogP contribution in [0, 0.1) is 6.92 Å². The number of azide groups is 1. The zero-order valence-electron chi connectivity index (χ0n) is 13.0. The molecule has 23 heavy (non-hydrogen) atoms. The van der Waals surface area contributed by atoms with Gasteiger partial charge in [-0.1, -0.05) is 5.11 Å². The second kappa shape index (κ2) is 6.57. The molecule has 3 atom stereocenters. The molecule has 0 aromatic carbocycles. The highest BCUT2D eigenvalue weighted by atomic mass is 16.5. The van der Waals surface area contributed by atoms with Gasteiger partial charge in [-0.2, -0.15) is 4.98 Å². The second-order valence-corrected chi connectivity index (χ2v) is 5.95. The van der Waals surface area contributed by atoms with Crippen LogP contribution in [0.2, 0.25) is 0 Å². The Bertz CT molecular complexity index is 678. The highest BCUT2D eigenvalue weighted by Crippen LogP contribution is 2.30. The van der Waals surface area contributed by atoms with Gasteiger partial charge in [0.2, 0.25) is 0 Å². The number of aliphatic hydroxyl groups excluding tert-OH is 1. The van der Waals surface area contributed by atoms with Crippen LogP contribution in [0.4, 0.5) is 5.82 Å². The molecular formula is C14H20N6O3. The number of aliphatic hydroxyl groups is 1. The Hall–Kier alpha value is -2.09. The molecule has 9 heteroatoms. The molecule has 0 unspecified atom stereocenters. The number of hydrogen-bond donors (Lipinski definition) is 1. The molecule has 0 amide bonds. The fourth-order valence-electron chi connectivity index (χ4n) is 3.25. The molecule has 0 aliphatic carbocycles. The van der Waals surface area contributed by atoms with Crippen molar-refractivity contribution in [2.24, 2.45) is 5.11 Å². The Balaban J connectivity index is 1.87. The van der Waals surface area contributed by atoms with E-state index in [-0.39, 0.29) is 12.3 Å². The lowest BCUT2D eigenvalue weighted by atomic mass is 10.1. The monoisotopic (exact) mass is 320 g/mol. The number of ether oxygens (including phenoxy) is 1. The van der Waals surface area contributed by atoms with Crippen molar-refractivity contribution in [2.45, 2.75) is 44.6 Å². The average Bonchev–Trinajstić information content (AvgIpc) is 3.19. The van der Waals surface area contributed by atoms with Crippen molar-refractivity contribution in [2.75, 3.05) is 24.6 Å². The highest BCUT2D eigenvalue weighted by Gasteiger charge is 2.36. The van der Waals surface area contributed by atoms with E-state index < -0.39 is 18.4 Å². The van der Waals surface area contributed by atoms with E-state index in [2.05, 4.69) is 19.9 Å². The Morgan fingerprint density at radius 3 is 2.91 bits per heavy atom. The number of aromatic nitrogens is 2. The van der Waals surface area contributed by atoms with Crippen molar-refractivity contribution in [1.82, 2.24) is 9.55 Å². The van der Waals surface area contributed by atoms with Crippen LogP contribution in [0.25, 0.3) is 10.4 Å². The quantitative estimate of drug-likeness (QED) is 0.507. The lowest BCUT2D eigenvalue weighted by Crippen LogP contribution is -2.31. The molecule has 0 bridgehead atoms. The molecular weight excluding hydrogens is 300 g/mol. The third-order valence-electron chi connectivity index (χ3n) is 4.41. The van der Waals surface area contributed by atoms with E-state index in [1.54, 1.807) is 6.20 Å². The van der Waals surface area contributed by atoms with Gasteiger partial charge < -0.3 is 14.7 Å². The Morgan fingerprint density at radius 1 is 1.52 bits per heavy atom. The summed E-state index contributed by atoms with van der Waals surface area (Å²) in [6.45, 7) is 3.50. The van der Waals surface area contributed by atoms with Gasteiger partial charge in [-0.3, -0.25) is 4.57 Å². The highest BCUT2D eigenvalue weighted by molar-refractivity contribution is 5.45. The summed E-state index contributed by atoms with van der Waals surface area (Å²) in [6.07, 6.45) is 3.14. The molecule has 3 heterocycles. The molecule has 1 aromatic heterocycles. The minimum Gasteiger partial charge on any atom is -0.394 e. The predicted molar refractivity (Wildman–Crippen MR) is 83.2 cm³/mol. The Morgan fingerprint density at radius 2 is 2.26 bits per heavy atom. The van der Waals surface area contributed by atoms with Gasteiger partial charge in [0.1, 0.15) is 12.0 Å². The van der Waals surface area contributed by atoms with Crippen LogP contribution < -0.4 is 10.6 Å². The first kappa shape index (κ1) is 15.8. The third-order valence-corrected chi connectivity index (χ3v) is 4.41. The molecule has 124 valence electrons. The summed E-state index contributed by atoms with van der Waals surface area (Å²) in [7, 11) is 0. The van der Waals surface area contributed by atoms with Crippen LogP contribution in [0.5, 0.6) is 0 Å². The molecule has 2 aliphatic heterocycles. The van der Waals surface area contributed by atoms with Crippen LogP contribution in [0.3, 0.4) is 0 Å². The van der Waals surface area contributed by atoms with E-state index in [0.29, 0.717) is 6.42 Å². The van der Waals surface area contributed by atoms with E-state index in [0.717, 1.165) is 37.3 Å². The SMILES string of the molecule is Cc1cn([C@@H]2C[C@H](N=[N+]=[N-])[C@@H](CO)O2)c(=O)nc1N1CCCC1. The van der Waals surface area contributed by atoms with Gasteiger partial charge in [0.05, 0.1) is 18.8 Å². The summed E-state index contributed by atoms with van der Waals surface area (Å²) in [4.78, 5) is 21.5. The Labute approximate surface area is 133 Å². The maximum Gasteiger partial charge on any atom is 0.351 e.